The standard InChI is InChI=1S/C11H21N3O/c1-4-12-11(3,9-15)5-6-14-8-10(2)7-13-14/h7-8,12,15H,4-6,9H2,1-3H3. The van der Waals surface area contributed by atoms with Crippen molar-refractivity contribution in [2.24, 2.45) is 0 Å². The third-order valence-electron chi connectivity index (χ3n) is 2.61. The van der Waals surface area contributed by atoms with E-state index in [2.05, 4.69) is 10.4 Å². The van der Waals surface area contributed by atoms with Gasteiger partial charge in [-0.05, 0) is 32.4 Å². The van der Waals surface area contributed by atoms with Crippen LogP contribution in [0.3, 0.4) is 0 Å². The van der Waals surface area contributed by atoms with Crippen molar-refractivity contribution in [2.45, 2.75) is 39.3 Å². The Kier molecular flexibility index (Phi) is 4.29. The van der Waals surface area contributed by atoms with Crippen LogP contribution in [0.4, 0.5) is 0 Å². The largest absolute Gasteiger partial charge is 0.394 e. The molecule has 0 saturated carbocycles. The van der Waals surface area contributed by atoms with Crippen molar-refractivity contribution < 1.29 is 5.11 Å². The molecule has 86 valence electrons. The van der Waals surface area contributed by atoms with E-state index in [1.54, 1.807) is 0 Å². The number of hydrogen-bond donors (Lipinski definition) is 2. The van der Waals surface area contributed by atoms with Gasteiger partial charge in [0.15, 0.2) is 0 Å². The van der Waals surface area contributed by atoms with Crippen LogP contribution in [-0.4, -0.2) is 33.6 Å². The Labute approximate surface area is 91.3 Å². The van der Waals surface area contributed by atoms with Crippen LogP contribution in [0.25, 0.3) is 0 Å². The molecule has 0 bridgehead atoms. The molecule has 1 unspecified atom stereocenters. The zero-order valence-corrected chi connectivity index (χ0v) is 9.82. The summed E-state index contributed by atoms with van der Waals surface area (Å²) in [6.45, 7) is 7.96. The highest BCUT2D eigenvalue weighted by molar-refractivity contribution is 4.99. The first kappa shape index (κ1) is 12.2. The van der Waals surface area contributed by atoms with Crippen molar-refractivity contribution in [3.63, 3.8) is 0 Å². The van der Waals surface area contributed by atoms with E-state index in [0.717, 1.165) is 19.5 Å². The van der Waals surface area contributed by atoms with Gasteiger partial charge in [0, 0.05) is 18.3 Å². The van der Waals surface area contributed by atoms with Gasteiger partial charge in [0.2, 0.25) is 0 Å². The minimum Gasteiger partial charge on any atom is -0.394 e. The maximum atomic E-state index is 9.31. The van der Waals surface area contributed by atoms with Crippen molar-refractivity contribution in [1.82, 2.24) is 15.1 Å². The molecule has 1 atom stereocenters. The first-order valence-electron chi connectivity index (χ1n) is 5.44. The summed E-state index contributed by atoms with van der Waals surface area (Å²) in [5.74, 6) is 0. The number of aliphatic hydroxyl groups is 1. The Hall–Kier alpha value is -0.870. The second-order valence-electron chi connectivity index (χ2n) is 4.28. The maximum absolute atomic E-state index is 9.31. The Morgan fingerprint density at radius 2 is 2.33 bits per heavy atom. The molecule has 0 aliphatic heterocycles. The molecule has 4 heteroatoms. The molecule has 0 amide bonds. The number of aryl methyl sites for hydroxylation is 2. The quantitative estimate of drug-likeness (QED) is 0.736. The molecule has 1 heterocycles. The Balaban J connectivity index is 2.47. The molecular formula is C11H21N3O. The van der Waals surface area contributed by atoms with Crippen LogP contribution in [0, 0.1) is 6.92 Å². The molecule has 0 saturated heterocycles. The Morgan fingerprint density at radius 1 is 1.60 bits per heavy atom. The average Bonchev–Trinajstić information content (AvgIpc) is 2.62. The van der Waals surface area contributed by atoms with Gasteiger partial charge in [-0.1, -0.05) is 6.92 Å². The van der Waals surface area contributed by atoms with Gasteiger partial charge < -0.3 is 10.4 Å². The van der Waals surface area contributed by atoms with E-state index in [4.69, 9.17) is 0 Å². The topological polar surface area (TPSA) is 50.1 Å². The highest BCUT2D eigenvalue weighted by Gasteiger charge is 2.21. The highest BCUT2D eigenvalue weighted by atomic mass is 16.3. The summed E-state index contributed by atoms with van der Waals surface area (Å²) in [7, 11) is 0. The minimum absolute atomic E-state index is 0.154. The first-order chi connectivity index (χ1) is 7.09. The zero-order chi connectivity index (χ0) is 11.3. The van der Waals surface area contributed by atoms with E-state index >= 15 is 0 Å². The van der Waals surface area contributed by atoms with Crippen LogP contribution in [-0.2, 0) is 6.54 Å². The van der Waals surface area contributed by atoms with Crippen LogP contribution >= 0.6 is 0 Å². The lowest BCUT2D eigenvalue weighted by Crippen LogP contribution is -2.46. The SMILES string of the molecule is CCNC(C)(CO)CCn1cc(C)cn1. The van der Waals surface area contributed by atoms with Gasteiger partial charge in [-0.15, -0.1) is 0 Å². The Bertz CT molecular complexity index is 298. The lowest BCUT2D eigenvalue weighted by molar-refractivity contribution is 0.161. The van der Waals surface area contributed by atoms with Crippen molar-refractivity contribution in [1.29, 1.82) is 0 Å². The fourth-order valence-corrected chi connectivity index (χ4v) is 1.60. The summed E-state index contributed by atoms with van der Waals surface area (Å²) in [5.41, 5.74) is 0.971. The average molecular weight is 211 g/mol. The second kappa shape index (κ2) is 5.28. The highest BCUT2D eigenvalue weighted by Crippen LogP contribution is 2.10. The van der Waals surface area contributed by atoms with Crippen molar-refractivity contribution in [3.8, 4) is 0 Å². The third kappa shape index (κ3) is 3.64. The number of likely N-dealkylation sites (N-methyl/N-ethyl adjacent to an activating group) is 1. The molecule has 0 spiro atoms. The monoisotopic (exact) mass is 211 g/mol. The predicted octanol–water partition coefficient (Wildman–Crippen LogP) is 0.942. The molecule has 1 aromatic rings. The predicted molar refractivity (Wildman–Crippen MR) is 60.7 cm³/mol. The van der Waals surface area contributed by atoms with Crippen molar-refractivity contribution in [2.75, 3.05) is 13.2 Å². The maximum Gasteiger partial charge on any atom is 0.0611 e. The number of nitrogens with one attached hydrogen (secondary N) is 1. The van der Waals surface area contributed by atoms with Gasteiger partial charge in [-0.2, -0.15) is 5.10 Å². The number of hydrogen-bond acceptors (Lipinski definition) is 3. The third-order valence-corrected chi connectivity index (χ3v) is 2.61. The molecular weight excluding hydrogens is 190 g/mol. The smallest absolute Gasteiger partial charge is 0.0611 e. The molecule has 0 aliphatic rings. The van der Waals surface area contributed by atoms with Crippen LogP contribution < -0.4 is 5.32 Å². The van der Waals surface area contributed by atoms with Gasteiger partial charge in [-0.3, -0.25) is 4.68 Å². The van der Waals surface area contributed by atoms with E-state index in [1.165, 1.54) is 5.56 Å². The van der Waals surface area contributed by atoms with E-state index in [1.807, 2.05) is 37.8 Å². The van der Waals surface area contributed by atoms with Gasteiger partial charge in [0.1, 0.15) is 0 Å². The number of aromatic nitrogens is 2. The minimum atomic E-state index is -0.200. The molecule has 0 aliphatic carbocycles. The molecule has 1 aromatic heterocycles. The lowest BCUT2D eigenvalue weighted by Gasteiger charge is -2.28. The van der Waals surface area contributed by atoms with Crippen molar-refractivity contribution >= 4 is 0 Å². The normalized spacial score (nSPS) is 15.2. The fraction of sp³-hybridized carbons (Fsp3) is 0.727. The molecule has 0 radical (unpaired) electrons. The van der Waals surface area contributed by atoms with E-state index in [-0.39, 0.29) is 12.1 Å². The molecule has 15 heavy (non-hydrogen) atoms. The molecule has 2 N–H and O–H groups in total. The molecule has 1 rings (SSSR count). The summed E-state index contributed by atoms with van der Waals surface area (Å²) in [5, 5.41) is 16.8. The lowest BCUT2D eigenvalue weighted by atomic mass is 9.99. The number of nitrogens with zero attached hydrogens (tertiary/aromatic N) is 2. The Morgan fingerprint density at radius 3 is 2.80 bits per heavy atom. The van der Waals surface area contributed by atoms with Crippen LogP contribution in [0.1, 0.15) is 25.8 Å². The summed E-state index contributed by atoms with van der Waals surface area (Å²) in [6, 6.07) is 0. The van der Waals surface area contributed by atoms with Gasteiger partial charge in [-0.25, -0.2) is 0 Å². The van der Waals surface area contributed by atoms with Gasteiger partial charge >= 0.3 is 0 Å². The van der Waals surface area contributed by atoms with E-state index in [0.29, 0.717) is 0 Å². The molecule has 0 aromatic carbocycles. The second-order valence-corrected chi connectivity index (χ2v) is 4.28. The van der Waals surface area contributed by atoms with E-state index in [9.17, 15) is 5.11 Å². The van der Waals surface area contributed by atoms with Gasteiger partial charge in [0.25, 0.3) is 0 Å². The van der Waals surface area contributed by atoms with Crippen LogP contribution in [0.2, 0.25) is 0 Å². The fourth-order valence-electron chi connectivity index (χ4n) is 1.60. The zero-order valence-electron chi connectivity index (χ0n) is 9.82. The van der Waals surface area contributed by atoms with E-state index < -0.39 is 0 Å². The first-order valence-corrected chi connectivity index (χ1v) is 5.44. The number of aliphatic hydroxyl groups excluding tert-OH is 1. The summed E-state index contributed by atoms with van der Waals surface area (Å²) < 4.78 is 1.92. The van der Waals surface area contributed by atoms with Crippen LogP contribution in [0.15, 0.2) is 12.4 Å². The van der Waals surface area contributed by atoms with Crippen molar-refractivity contribution in [3.05, 3.63) is 18.0 Å². The van der Waals surface area contributed by atoms with Gasteiger partial charge in [0.05, 0.1) is 12.8 Å². The van der Waals surface area contributed by atoms with Crippen LogP contribution in [0.5, 0.6) is 0 Å². The summed E-state index contributed by atoms with van der Waals surface area (Å²) >= 11 is 0. The summed E-state index contributed by atoms with van der Waals surface area (Å²) in [4.78, 5) is 0. The number of rotatable bonds is 6. The molecule has 0 fully saturated rings. The summed E-state index contributed by atoms with van der Waals surface area (Å²) in [6.07, 6.45) is 4.74. The molecule has 4 nitrogen and oxygen atoms in total.